The Labute approximate surface area is 109 Å². The first kappa shape index (κ1) is 12.4. The van der Waals surface area contributed by atoms with Gasteiger partial charge in [-0.15, -0.1) is 5.10 Å². The molecule has 0 atom stereocenters. The number of benzene rings is 1. The minimum atomic E-state index is -0.240. The summed E-state index contributed by atoms with van der Waals surface area (Å²) in [7, 11) is 0. The Hall–Kier alpha value is -2.08. The van der Waals surface area contributed by atoms with Gasteiger partial charge in [0.05, 0.1) is 6.20 Å². The van der Waals surface area contributed by atoms with Crippen molar-refractivity contribution in [3.63, 3.8) is 0 Å². The lowest BCUT2D eigenvalue weighted by atomic mass is 10.2. The first-order valence-corrected chi connectivity index (χ1v) is 5.64. The predicted molar refractivity (Wildman–Crippen MR) is 69.3 cm³/mol. The van der Waals surface area contributed by atoms with Crippen LogP contribution in [0.4, 0.5) is 11.5 Å². The highest BCUT2D eigenvalue weighted by molar-refractivity contribution is 6.31. The summed E-state index contributed by atoms with van der Waals surface area (Å²) < 4.78 is 0. The van der Waals surface area contributed by atoms with Gasteiger partial charge in [-0.25, -0.2) is 0 Å². The standard InChI is InChI=1S/C11H12ClN5O/c1-7-2-3-8(12)4-9(7)15-11(18)6-17-14-5-10(13)16-17/h2-5H,6H2,1H3,(H2,13,16)(H,15,18). The Bertz CT molecular complexity index is 581. The summed E-state index contributed by atoms with van der Waals surface area (Å²) in [5, 5.41) is 11.0. The van der Waals surface area contributed by atoms with Gasteiger partial charge in [-0.2, -0.15) is 9.90 Å². The summed E-state index contributed by atoms with van der Waals surface area (Å²) in [5.41, 5.74) is 7.01. The van der Waals surface area contributed by atoms with Crippen LogP contribution in [0, 0.1) is 6.92 Å². The highest BCUT2D eigenvalue weighted by Crippen LogP contribution is 2.20. The number of hydrogen-bond donors (Lipinski definition) is 2. The van der Waals surface area contributed by atoms with Crippen molar-refractivity contribution in [1.82, 2.24) is 15.0 Å². The van der Waals surface area contributed by atoms with Crippen LogP contribution in [0.2, 0.25) is 5.02 Å². The SMILES string of the molecule is Cc1ccc(Cl)cc1NC(=O)Cn1ncc(N)n1. The van der Waals surface area contributed by atoms with Crippen molar-refractivity contribution in [1.29, 1.82) is 0 Å². The number of nitrogens with one attached hydrogen (secondary N) is 1. The van der Waals surface area contributed by atoms with Gasteiger partial charge in [0.2, 0.25) is 5.91 Å². The molecule has 0 spiro atoms. The predicted octanol–water partition coefficient (Wildman–Crippen LogP) is 1.46. The number of rotatable bonds is 3. The summed E-state index contributed by atoms with van der Waals surface area (Å²) >= 11 is 5.87. The second-order valence-corrected chi connectivity index (χ2v) is 4.24. The van der Waals surface area contributed by atoms with Crippen LogP contribution in [0.25, 0.3) is 0 Å². The number of hydrogen-bond acceptors (Lipinski definition) is 4. The Balaban J connectivity index is 2.05. The van der Waals surface area contributed by atoms with E-state index in [1.165, 1.54) is 11.0 Å². The smallest absolute Gasteiger partial charge is 0.247 e. The minimum absolute atomic E-state index is 0.00313. The molecule has 1 amide bonds. The van der Waals surface area contributed by atoms with Gasteiger partial charge in [-0.05, 0) is 24.6 Å². The largest absolute Gasteiger partial charge is 0.381 e. The van der Waals surface area contributed by atoms with Crippen molar-refractivity contribution < 1.29 is 4.79 Å². The lowest BCUT2D eigenvalue weighted by Crippen LogP contribution is -2.20. The van der Waals surface area contributed by atoms with E-state index in [9.17, 15) is 4.79 Å². The van der Waals surface area contributed by atoms with Gasteiger partial charge in [0.1, 0.15) is 6.54 Å². The van der Waals surface area contributed by atoms with Crippen molar-refractivity contribution in [2.24, 2.45) is 0 Å². The number of halogens is 1. The molecule has 7 heteroatoms. The van der Waals surface area contributed by atoms with Gasteiger partial charge < -0.3 is 11.1 Å². The van der Waals surface area contributed by atoms with Crippen molar-refractivity contribution in [3.8, 4) is 0 Å². The van der Waals surface area contributed by atoms with E-state index >= 15 is 0 Å². The molecular formula is C11H12ClN5O. The first-order valence-electron chi connectivity index (χ1n) is 5.26. The second-order valence-electron chi connectivity index (χ2n) is 3.81. The molecular weight excluding hydrogens is 254 g/mol. The summed E-state index contributed by atoms with van der Waals surface area (Å²) in [4.78, 5) is 13.0. The van der Waals surface area contributed by atoms with Crippen LogP contribution in [0.5, 0.6) is 0 Å². The zero-order chi connectivity index (χ0) is 13.1. The maximum absolute atomic E-state index is 11.8. The van der Waals surface area contributed by atoms with E-state index in [0.717, 1.165) is 5.56 Å². The number of nitrogen functional groups attached to an aromatic ring is 1. The monoisotopic (exact) mass is 265 g/mol. The van der Waals surface area contributed by atoms with E-state index in [2.05, 4.69) is 15.5 Å². The molecule has 0 unspecified atom stereocenters. The number of carbonyl (C=O) groups is 1. The summed E-state index contributed by atoms with van der Waals surface area (Å²) in [5.74, 6) is 0.0395. The maximum atomic E-state index is 11.8. The fourth-order valence-electron chi connectivity index (χ4n) is 1.43. The van der Waals surface area contributed by atoms with Crippen LogP contribution in [0.3, 0.4) is 0 Å². The molecule has 2 aromatic rings. The van der Waals surface area contributed by atoms with Crippen LogP contribution >= 0.6 is 11.6 Å². The Morgan fingerprint density at radius 2 is 2.33 bits per heavy atom. The Morgan fingerprint density at radius 1 is 1.56 bits per heavy atom. The molecule has 0 aliphatic heterocycles. The average Bonchev–Trinajstić information content (AvgIpc) is 2.69. The number of nitrogens with two attached hydrogens (primary N) is 1. The van der Waals surface area contributed by atoms with Crippen LogP contribution in [0.1, 0.15) is 5.56 Å². The van der Waals surface area contributed by atoms with Crippen LogP contribution < -0.4 is 11.1 Å². The summed E-state index contributed by atoms with van der Waals surface area (Å²) in [6.07, 6.45) is 1.39. The van der Waals surface area contributed by atoms with E-state index < -0.39 is 0 Å². The van der Waals surface area contributed by atoms with Crippen molar-refractivity contribution in [2.75, 3.05) is 11.1 Å². The normalized spacial score (nSPS) is 10.3. The van der Waals surface area contributed by atoms with E-state index in [1.807, 2.05) is 13.0 Å². The lowest BCUT2D eigenvalue weighted by molar-refractivity contribution is -0.117. The van der Waals surface area contributed by atoms with Gasteiger partial charge in [-0.1, -0.05) is 17.7 Å². The highest BCUT2D eigenvalue weighted by Gasteiger charge is 2.07. The molecule has 0 aliphatic carbocycles. The zero-order valence-electron chi connectivity index (χ0n) is 9.72. The van der Waals surface area contributed by atoms with Crippen molar-refractivity contribution in [3.05, 3.63) is 35.0 Å². The quantitative estimate of drug-likeness (QED) is 0.880. The molecule has 6 nitrogen and oxygen atoms in total. The molecule has 0 saturated carbocycles. The topological polar surface area (TPSA) is 85.8 Å². The van der Waals surface area contributed by atoms with Gasteiger partial charge in [0.25, 0.3) is 0 Å². The molecule has 18 heavy (non-hydrogen) atoms. The Kier molecular flexibility index (Phi) is 3.47. The molecule has 0 saturated heterocycles. The molecule has 3 N–H and O–H groups in total. The molecule has 0 fully saturated rings. The first-order chi connectivity index (χ1) is 8.54. The number of amides is 1. The van der Waals surface area contributed by atoms with Gasteiger partial charge in [-0.3, -0.25) is 4.79 Å². The number of aryl methyl sites for hydroxylation is 1. The molecule has 2 rings (SSSR count). The van der Waals surface area contributed by atoms with Crippen LogP contribution in [-0.4, -0.2) is 20.9 Å². The van der Waals surface area contributed by atoms with Crippen molar-refractivity contribution in [2.45, 2.75) is 13.5 Å². The number of anilines is 2. The fraction of sp³-hybridized carbons (Fsp3) is 0.182. The highest BCUT2D eigenvalue weighted by atomic mass is 35.5. The third-order valence-corrected chi connectivity index (χ3v) is 2.55. The molecule has 0 aliphatic rings. The molecule has 94 valence electrons. The van der Waals surface area contributed by atoms with E-state index in [4.69, 9.17) is 17.3 Å². The minimum Gasteiger partial charge on any atom is -0.381 e. The number of aromatic nitrogens is 3. The Morgan fingerprint density at radius 3 is 3.00 bits per heavy atom. The molecule has 1 aromatic heterocycles. The van der Waals surface area contributed by atoms with Crippen LogP contribution in [0.15, 0.2) is 24.4 Å². The van der Waals surface area contributed by atoms with Gasteiger partial charge in [0, 0.05) is 10.7 Å². The van der Waals surface area contributed by atoms with Crippen molar-refractivity contribution >= 4 is 29.0 Å². The maximum Gasteiger partial charge on any atom is 0.247 e. The number of nitrogens with zero attached hydrogens (tertiary/aromatic N) is 3. The zero-order valence-corrected chi connectivity index (χ0v) is 10.5. The average molecular weight is 266 g/mol. The summed E-state index contributed by atoms with van der Waals surface area (Å²) in [6.45, 7) is 1.89. The summed E-state index contributed by atoms with van der Waals surface area (Å²) in [6, 6.07) is 5.30. The van der Waals surface area contributed by atoms with E-state index in [-0.39, 0.29) is 18.3 Å². The second kappa shape index (κ2) is 5.05. The third kappa shape index (κ3) is 2.98. The van der Waals surface area contributed by atoms with Gasteiger partial charge >= 0.3 is 0 Å². The molecule has 0 bridgehead atoms. The lowest BCUT2D eigenvalue weighted by Gasteiger charge is -2.08. The van der Waals surface area contributed by atoms with E-state index in [0.29, 0.717) is 10.7 Å². The molecule has 0 radical (unpaired) electrons. The molecule has 1 heterocycles. The van der Waals surface area contributed by atoms with E-state index in [1.54, 1.807) is 12.1 Å². The number of carbonyl (C=O) groups excluding carboxylic acids is 1. The third-order valence-electron chi connectivity index (χ3n) is 2.31. The van der Waals surface area contributed by atoms with Gasteiger partial charge in [0.15, 0.2) is 5.82 Å². The molecule has 1 aromatic carbocycles. The fourth-order valence-corrected chi connectivity index (χ4v) is 1.61. The van der Waals surface area contributed by atoms with Crippen LogP contribution in [-0.2, 0) is 11.3 Å².